The van der Waals surface area contributed by atoms with Gasteiger partial charge in [0.25, 0.3) is 5.56 Å². The lowest BCUT2D eigenvalue weighted by Crippen LogP contribution is -2.18. The zero-order valence-corrected chi connectivity index (χ0v) is 20.1. The van der Waals surface area contributed by atoms with Crippen LogP contribution in [0.1, 0.15) is 73.9 Å². The van der Waals surface area contributed by atoms with Gasteiger partial charge in [-0.05, 0) is 54.2 Å². The zero-order valence-electron chi connectivity index (χ0n) is 18.5. The van der Waals surface area contributed by atoms with Crippen molar-refractivity contribution in [3.05, 3.63) is 50.1 Å². The minimum Gasteiger partial charge on any atom is -0.325 e. The first-order valence-corrected chi connectivity index (χ1v) is 12.8. The molecule has 2 heterocycles. The number of anilines is 1. The van der Waals surface area contributed by atoms with Crippen molar-refractivity contribution in [2.75, 3.05) is 11.1 Å². The molecule has 0 radical (unpaired) electrons. The maximum absolute atomic E-state index is 12.8. The second-order valence-corrected chi connectivity index (χ2v) is 10.8. The number of aromatic amines is 1. The van der Waals surface area contributed by atoms with Crippen molar-refractivity contribution in [2.45, 2.75) is 70.4 Å². The minimum atomic E-state index is -0.0896. The lowest BCUT2D eigenvalue weighted by atomic mass is 9.92. The molecule has 1 aliphatic rings. The molecule has 1 amide bonds. The summed E-state index contributed by atoms with van der Waals surface area (Å²) < 4.78 is 0. The number of amides is 1. The molecule has 0 saturated carbocycles. The molecule has 0 aliphatic heterocycles. The van der Waals surface area contributed by atoms with Crippen molar-refractivity contribution >= 4 is 44.9 Å². The fraction of sp³-hybridized carbons (Fsp3) is 0.458. The summed E-state index contributed by atoms with van der Waals surface area (Å²) in [4.78, 5) is 35.1. The van der Waals surface area contributed by atoms with Gasteiger partial charge in [-0.2, -0.15) is 0 Å². The smallest absolute Gasteiger partial charge is 0.260 e. The lowest BCUT2D eigenvalue weighted by molar-refractivity contribution is -0.113. The molecule has 1 aromatic carbocycles. The number of carbonyl (C=O) groups excluding carboxylic acids is 1. The summed E-state index contributed by atoms with van der Waals surface area (Å²) in [5, 5.41) is 4.38. The monoisotopic (exact) mass is 455 g/mol. The summed E-state index contributed by atoms with van der Waals surface area (Å²) in [5.41, 5.74) is 4.30. The third-order valence-corrected chi connectivity index (χ3v) is 7.84. The van der Waals surface area contributed by atoms with Crippen LogP contribution in [0.4, 0.5) is 5.69 Å². The van der Waals surface area contributed by atoms with Gasteiger partial charge < -0.3 is 10.3 Å². The van der Waals surface area contributed by atoms with Crippen molar-refractivity contribution in [3.8, 4) is 0 Å². The summed E-state index contributed by atoms with van der Waals surface area (Å²) in [7, 11) is 0. The molecular formula is C24H29N3O2S2. The molecule has 4 rings (SSSR count). The largest absolute Gasteiger partial charge is 0.325 e. The molecule has 5 nitrogen and oxygen atoms in total. The Labute approximate surface area is 191 Å². The molecule has 164 valence electrons. The van der Waals surface area contributed by atoms with E-state index in [1.165, 1.54) is 28.6 Å². The third kappa shape index (κ3) is 4.58. The van der Waals surface area contributed by atoms with Gasteiger partial charge in [-0.25, -0.2) is 4.98 Å². The summed E-state index contributed by atoms with van der Waals surface area (Å²) >= 11 is 2.91. The Morgan fingerprint density at radius 2 is 1.84 bits per heavy atom. The average Bonchev–Trinajstić information content (AvgIpc) is 3.11. The number of aryl methyl sites for hydroxylation is 2. The van der Waals surface area contributed by atoms with Crippen LogP contribution >= 0.6 is 23.1 Å². The lowest BCUT2D eigenvalue weighted by Gasteiger charge is -2.20. The van der Waals surface area contributed by atoms with E-state index in [0.717, 1.165) is 46.3 Å². The number of benzene rings is 1. The van der Waals surface area contributed by atoms with E-state index in [4.69, 9.17) is 0 Å². The highest BCUT2D eigenvalue weighted by Crippen LogP contribution is 2.35. The molecule has 3 aromatic rings. The van der Waals surface area contributed by atoms with E-state index in [1.807, 2.05) is 0 Å². The average molecular weight is 456 g/mol. The first-order chi connectivity index (χ1) is 14.8. The molecule has 31 heavy (non-hydrogen) atoms. The number of rotatable bonds is 6. The van der Waals surface area contributed by atoms with E-state index in [1.54, 1.807) is 11.3 Å². The quantitative estimate of drug-likeness (QED) is 0.362. The molecule has 0 saturated heterocycles. The van der Waals surface area contributed by atoms with Crippen molar-refractivity contribution in [3.63, 3.8) is 0 Å². The molecule has 2 aromatic heterocycles. The molecule has 2 N–H and O–H groups in total. The number of aromatic nitrogens is 2. The number of thiophene rings is 1. The molecule has 0 atom stereocenters. The first-order valence-electron chi connectivity index (χ1n) is 10.9. The highest BCUT2D eigenvalue weighted by molar-refractivity contribution is 7.99. The molecule has 0 bridgehead atoms. The molecule has 7 heteroatoms. The number of fused-ring (bicyclic) bond motifs is 3. The van der Waals surface area contributed by atoms with Crippen molar-refractivity contribution in [2.24, 2.45) is 0 Å². The molecule has 0 unspecified atom stereocenters. The van der Waals surface area contributed by atoms with Gasteiger partial charge in [0.05, 0.1) is 11.1 Å². The van der Waals surface area contributed by atoms with E-state index >= 15 is 0 Å². The number of hydrogen-bond acceptors (Lipinski definition) is 5. The Kier molecular flexibility index (Phi) is 6.53. The Hall–Kier alpha value is -2.12. The van der Waals surface area contributed by atoms with Gasteiger partial charge in [0.1, 0.15) is 4.83 Å². The van der Waals surface area contributed by atoms with Gasteiger partial charge in [0, 0.05) is 10.6 Å². The standard InChI is InChI=1S/C24H29N3O2S2/c1-13(2)15-9-7-10-16(14(3)4)21(15)25-19(28)12-30-24-26-22(29)20-17-8-5-6-11-18(17)31-23(20)27-24/h7,9-10,13-14H,5-6,8,11-12H2,1-4H3,(H,25,28)(H,26,27,29). The zero-order chi connectivity index (χ0) is 22.1. The van der Waals surface area contributed by atoms with Crippen LogP contribution in [0.5, 0.6) is 0 Å². The molecule has 0 spiro atoms. The predicted octanol–water partition coefficient (Wildman–Crippen LogP) is 5.84. The predicted molar refractivity (Wildman–Crippen MR) is 131 cm³/mol. The van der Waals surface area contributed by atoms with Gasteiger partial charge in [0.2, 0.25) is 5.91 Å². The highest BCUT2D eigenvalue weighted by Gasteiger charge is 2.20. The SMILES string of the molecule is CC(C)c1cccc(C(C)C)c1NC(=O)CSc1nc2sc3c(c2c(=O)[nH]1)CCCC3. The molecule has 0 fully saturated rings. The van der Waals surface area contributed by atoms with E-state index < -0.39 is 0 Å². The Morgan fingerprint density at radius 1 is 1.16 bits per heavy atom. The van der Waals surface area contributed by atoms with Crippen LogP contribution < -0.4 is 10.9 Å². The minimum absolute atomic E-state index is 0.0837. The number of H-pyrrole nitrogens is 1. The summed E-state index contributed by atoms with van der Waals surface area (Å²) in [6.07, 6.45) is 4.30. The Balaban J connectivity index is 1.52. The molecular weight excluding hydrogens is 426 g/mol. The Bertz CT molecular complexity index is 1150. The van der Waals surface area contributed by atoms with Gasteiger partial charge in [-0.15, -0.1) is 11.3 Å². The second-order valence-electron chi connectivity index (χ2n) is 8.72. The van der Waals surface area contributed by atoms with Crippen LogP contribution in [0.2, 0.25) is 0 Å². The fourth-order valence-corrected chi connectivity index (χ4v) is 6.20. The van der Waals surface area contributed by atoms with Crippen molar-refractivity contribution in [1.82, 2.24) is 9.97 Å². The third-order valence-electron chi connectivity index (χ3n) is 5.78. The first kappa shape index (κ1) is 22.1. The van der Waals surface area contributed by atoms with Crippen LogP contribution in [-0.2, 0) is 17.6 Å². The topological polar surface area (TPSA) is 74.8 Å². The number of thioether (sulfide) groups is 1. The summed E-state index contributed by atoms with van der Waals surface area (Å²) in [5.74, 6) is 0.732. The normalized spacial score (nSPS) is 13.7. The summed E-state index contributed by atoms with van der Waals surface area (Å²) in [6, 6.07) is 6.20. The van der Waals surface area contributed by atoms with Crippen LogP contribution in [0.3, 0.4) is 0 Å². The fourth-order valence-electron chi connectivity index (χ4n) is 4.22. The van der Waals surface area contributed by atoms with E-state index in [0.29, 0.717) is 17.0 Å². The maximum atomic E-state index is 12.8. The summed E-state index contributed by atoms with van der Waals surface area (Å²) in [6.45, 7) is 8.53. The van der Waals surface area contributed by atoms with Gasteiger partial charge in [-0.1, -0.05) is 57.7 Å². The van der Waals surface area contributed by atoms with Crippen LogP contribution in [0, 0.1) is 0 Å². The van der Waals surface area contributed by atoms with Gasteiger partial charge >= 0.3 is 0 Å². The van der Waals surface area contributed by atoms with Gasteiger partial charge in [-0.3, -0.25) is 9.59 Å². The number of carbonyl (C=O) groups is 1. The number of para-hydroxylation sites is 1. The van der Waals surface area contributed by atoms with E-state index in [-0.39, 0.29) is 17.2 Å². The van der Waals surface area contributed by atoms with E-state index in [9.17, 15) is 9.59 Å². The van der Waals surface area contributed by atoms with Crippen molar-refractivity contribution < 1.29 is 4.79 Å². The number of nitrogens with one attached hydrogen (secondary N) is 2. The van der Waals surface area contributed by atoms with Crippen LogP contribution in [0.15, 0.2) is 28.2 Å². The van der Waals surface area contributed by atoms with Crippen LogP contribution in [-0.4, -0.2) is 21.6 Å². The van der Waals surface area contributed by atoms with Gasteiger partial charge in [0.15, 0.2) is 5.16 Å². The second kappa shape index (κ2) is 9.17. The molecule has 1 aliphatic carbocycles. The highest BCUT2D eigenvalue weighted by atomic mass is 32.2. The van der Waals surface area contributed by atoms with Crippen molar-refractivity contribution in [1.29, 1.82) is 0 Å². The number of nitrogens with zero attached hydrogens (tertiary/aromatic N) is 1. The Morgan fingerprint density at radius 3 is 2.52 bits per heavy atom. The van der Waals surface area contributed by atoms with Crippen LogP contribution in [0.25, 0.3) is 10.2 Å². The van der Waals surface area contributed by atoms with E-state index in [2.05, 4.69) is 61.2 Å². The number of hydrogen-bond donors (Lipinski definition) is 2. The maximum Gasteiger partial charge on any atom is 0.260 e.